The first-order valence-corrected chi connectivity index (χ1v) is 6.12. The fourth-order valence-electron chi connectivity index (χ4n) is 2.10. The number of nitrogen functional groups attached to an aromatic ring is 1. The van der Waals surface area contributed by atoms with Gasteiger partial charge in [-0.2, -0.15) is 0 Å². The number of carbonyl (C=O) groups is 1. The van der Waals surface area contributed by atoms with Crippen LogP contribution in [0.4, 0.5) is 11.5 Å². The number of carboxylic acids is 1. The van der Waals surface area contributed by atoms with E-state index in [0.717, 1.165) is 26.2 Å². The lowest BCUT2D eigenvalue weighted by atomic mass is 10.2. The van der Waals surface area contributed by atoms with Crippen molar-refractivity contribution in [2.45, 2.75) is 12.8 Å². The summed E-state index contributed by atoms with van der Waals surface area (Å²) in [5, 5.41) is 12.1. The molecule has 1 aliphatic rings. The fourth-order valence-corrected chi connectivity index (χ4v) is 2.10. The van der Waals surface area contributed by atoms with Crippen LogP contribution in [0.15, 0.2) is 12.3 Å². The van der Waals surface area contributed by atoms with Crippen molar-refractivity contribution in [3.8, 4) is 0 Å². The van der Waals surface area contributed by atoms with E-state index in [2.05, 4.69) is 15.2 Å². The monoisotopic (exact) mass is 250 g/mol. The molecule has 2 heterocycles. The van der Waals surface area contributed by atoms with Crippen LogP contribution in [0.3, 0.4) is 0 Å². The first-order chi connectivity index (χ1) is 8.66. The Morgan fingerprint density at radius 2 is 2.22 bits per heavy atom. The van der Waals surface area contributed by atoms with Gasteiger partial charge in [0.05, 0.1) is 17.4 Å². The Kier molecular flexibility index (Phi) is 3.99. The molecular formula is C12H18N4O2. The second-order valence-corrected chi connectivity index (χ2v) is 4.44. The van der Waals surface area contributed by atoms with Gasteiger partial charge in [-0.3, -0.25) is 0 Å². The highest BCUT2D eigenvalue weighted by molar-refractivity contribution is 5.94. The average molecular weight is 250 g/mol. The van der Waals surface area contributed by atoms with Crippen molar-refractivity contribution in [1.29, 1.82) is 0 Å². The van der Waals surface area contributed by atoms with E-state index in [0.29, 0.717) is 5.82 Å². The molecule has 6 heteroatoms. The zero-order valence-electron chi connectivity index (χ0n) is 10.2. The van der Waals surface area contributed by atoms with Gasteiger partial charge >= 0.3 is 5.97 Å². The van der Waals surface area contributed by atoms with Gasteiger partial charge in [0.25, 0.3) is 0 Å². The minimum Gasteiger partial charge on any atom is -0.478 e. The zero-order chi connectivity index (χ0) is 13.0. The molecule has 0 aliphatic carbocycles. The van der Waals surface area contributed by atoms with Gasteiger partial charge in [0.1, 0.15) is 5.82 Å². The van der Waals surface area contributed by atoms with Gasteiger partial charge in [0.2, 0.25) is 0 Å². The molecule has 4 N–H and O–H groups in total. The number of hydrogen-bond acceptors (Lipinski definition) is 5. The predicted molar refractivity (Wildman–Crippen MR) is 69.8 cm³/mol. The van der Waals surface area contributed by atoms with Crippen LogP contribution in [0.1, 0.15) is 23.2 Å². The minimum atomic E-state index is -1.03. The molecule has 6 nitrogen and oxygen atoms in total. The molecule has 1 aromatic rings. The van der Waals surface area contributed by atoms with Crippen molar-refractivity contribution in [3.05, 3.63) is 17.8 Å². The van der Waals surface area contributed by atoms with Gasteiger partial charge in [-0.25, -0.2) is 9.78 Å². The molecule has 2 rings (SSSR count). The number of hydrogen-bond donors (Lipinski definition) is 3. The lowest BCUT2D eigenvalue weighted by Crippen LogP contribution is -2.26. The van der Waals surface area contributed by atoms with E-state index in [4.69, 9.17) is 10.8 Å². The third-order valence-corrected chi connectivity index (χ3v) is 3.10. The summed E-state index contributed by atoms with van der Waals surface area (Å²) >= 11 is 0. The Hall–Kier alpha value is -1.82. The van der Waals surface area contributed by atoms with Gasteiger partial charge < -0.3 is 21.1 Å². The number of likely N-dealkylation sites (tertiary alicyclic amines) is 1. The highest BCUT2D eigenvalue weighted by atomic mass is 16.4. The molecule has 0 amide bonds. The summed E-state index contributed by atoms with van der Waals surface area (Å²) in [4.78, 5) is 17.4. The van der Waals surface area contributed by atoms with Crippen LogP contribution in [0.2, 0.25) is 0 Å². The normalized spacial score (nSPS) is 15.8. The fraction of sp³-hybridized carbons (Fsp3) is 0.500. The van der Waals surface area contributed by atoms with E-state index >= 15 is 0 Å². The number of nitrogens with one attached hydrogen (secondary N) is 1. The van der Waals surface area contributed by atoms with E-state index in [1.807, 2.05) is 0 Å². The lowest BCUT2D eigenvalue weighted by Gasteiger charge is -2.15. The molecular weight excluding hydrogens is 232 g/mol. The van der Waals surface area contributed by atoms with Crippen molar-refractivity contribution in [2.75, 3.05) is 37.2 Å². The Bertz CT molecular complexity index is 430. The number of aromatic carboxylic acids is 1. The quantitative estimate of drug-likeness (QED) is 0.718. The topological polar surface area (TPSA) is 91.5 Å². The van der Waals surface area contributed by atoms with Crippen LogP contribution in [0.5, 0.6) is 0 Å². The van der Waals surface area contributed by atoms with Gasteiger partial charge in [0.15, 0.2) is 0 Å². The number of pyridine rings is 1. The summed E-state index contributed by atoms with van der Waals surface area (Å²) < 4.78 is 0. The molecule has 98 valence electrons. The maximum absolute atomic E-state index is 10.9. The maximum Gasteiger partial charge on any atom is 0.337 e. The van der Waals surface area contributed by atoms with Crippen LogP contribution in [0.25, 0.3) is 0 Å². The molecule has 0 saturated carbocycles. The molecule has 1 saturated heterocycles. The Labute approximate surface area is 106 Å². The molecule has 18 heavy (non-hydrogen) atoms. The first kappa shape index (κ1) is 12.6. The predicted octanol–water partition coefficient (Wildman–Crippen LogP) is 0.870. The van der Waals surface area contributed by atoms with Crippen LogP contribution >= 0.6 is 0 Å². The molecule has 1 aromatic heterocycles. The third kappa shape index (κ3) is 3.10. The molecule has 0 bridgehead atoms. The summed E-state index contributed by atoms with van der Waals surface area (Å²) in [6, 6.07) is 1.47. The Balaban J connectivity index is 1.88. The zero-order valence-corrected chi connectivity index (χ0v) is 10.2. The standard InChI is InChI=1S/C12H18N4O2/c13-10-8-15-11(7-9(10)12(17)18)14-3-6-16-4-1-2-5-16/h7-8H,1-6,13H2,(H,14,15)(H,17,18). The van der Waals surface area contributed by atoms with E-state index in [1.165, 1.54) is 25.1 Å². The number of nitrogens with zero attached hydrogens (tertiary/aromatic N) is 2. The first-order valence-electron chi connectivity index (χ1n) is 6.12. The van der Waals surface area contributed by atoms with E-state index in [-0.39, 0.29) is 11.3 Å². The second-order valence-electron chi connectivity index (χ2n) is 4.44. The van der Waals surface area contributed by atoms with E-state index in [1.54, 1.807) is 0 Å². The van der Waals surface area contributed by atoms with Crippen LogP contribution in [0, 0.1) is 0 Å². The Morgan fingerprint density at radius 1 is 1.50 bits per heavy atom. The largest absolute Gasteiger partial charge is 0.478 e. The van der Waals surface area contributed by atoms with Crippen molar-refractivity contribution in [2.24, 2.45) is 0 Å². The minimum absolute atomic E-state index is 0.0914. The summed E-state index contributed by atoms with van der Waals surface area (Å²) in [5.74, 6) is -0.474. The number of nitrogens with two attached hydrogens (primary N) is 1. The summed E-state index contributed by atoms with van der Waals surface area (Å²) in [6.07, 6.45) is 3.91. The molecule has 0 unspecified atom stereocenters. The van der Waals surface area contributed by atoms with E-state index in [9.17, 15) is 4.79 Å². The summed E-state index contributed by atoms with van der Waals surface area (Å²) in [5.41, 5.74) is 5.82. The SMILES string of the molecule is Nc1cnc(NCCN2CCCC2)cc1C(=O)O. The molecule has 0 radical (unpaired) electrons. The van der Waals surface area contributed by atoms with Crippen molar-refractivity contribution < 1.29 is 9.90 Å². The highest BCUT2D eigenvalue weighted by Crippen LogP contribution is 2.14. The van der Waals surface area contributed by atoms with Gasteiger partial charge in [-0.05, 0) is 32.0 Å². The molecule has 0 aromatic carbocycles. The summed E-state index contributed by atoms with van der Waals surface area (Å²) in [6.45, 7) is 4.01. The second kappa shape index (κ2) is 5.68. The highest BCUT2D eigenvalue weighted by Gasteiger charge is 2.12. The van der Waals surface area contributed by atoms with Crippen LogP contribution in [-0.2, 0) is 0 Å². The molecule has 1 fully saturated rings. The van der Waals surface area contributed by atoms with Gasteiger partial charge in [-0.1, -0.05) is 0 Å². The third-order valence-electron chi connectivity index (χ3n) is 3.10. The van der Waals surface area contributed by atoms with Crippen molar-refractivity contribution in [3.63, 3.8) is 0 Å². The van der Waals surface area contributed by atoms with Crippen molar-refractivity contribution >= 4 is 17.5 Å². The lowest BCUT2D eigenvalue weighted by molar-refractivity contribution is 0.0698. The number of carboxylic acid groups (broad SMARTS) is 1. The molecule has 1 aliphatic heterocycles. The van der Waals surface area contributed by atoms with Gasteiger partial charge in [-0.15, -0.1) is 0 Å². The Morgan fingerprint density at radius 3 is 2.89 bits per heavy atom. The molecule has 0 spiro atoms. The smallest absolute Gasteiger partial charge is 0.337 e. The average Bonchev–Trinajstić information content (AvgIpc) is 2.84. The number of anilines is 2. The van der Waals surface area contributed by atoms with Crippen LogP contribution < -0.4 is 11.1 Å². The van der Waals surface area contributed by atoms with E-state index < -0.39 is 5.97 Å². The number of aromatic nitrogens is 1. The van der Waals surface area contributed by atoms with Crippen LogP contribution in [-0.4, -0.2) is 47.1 Å². The maximum atomic E-state index is 10.9. The number of rotatable bonds is 5. The van der Waals surface area contributed by atoms with Crippen molar-refractivity contribution in [1.82, 2.24) is 9.88 Å². The summed E-state index contributed by atoms with van der Waals surface area (Å²) in [7, 11) is 0. The van der Waals surface area contributed by atoms with Gasteiger partial charge in [0, 0.05) is 13.1 Å². The molecule has 0 atom stereocenters.